The molecule has 0 spiro atoms. The first-order chi connectivity index (χ1) is 19.6. The molecule has 11 heteroatoms. The predicted molar refractivity (Wildman–Crippen MR) is 159 cm³/mol. The van der Waals surface area contributed by atoms with Crippen molar-refractivity contribution in [3.8, 4) is 5.75 Å². The summed E-state index contributed by atoms with van der Waals surface area (Å²) in [5, 5.41) is 8.72. The molecule has 4 aromatic rings. The molecule has 2 amide bonds. The first-order valence-electron chi connectivity index (χ1n) is 13.1. The number of carbonyl (C=O) groups excluding carboxylic acids is 2. The molecular weight excluding hydrogens is 542 g/mol. The van der Waals surface area contributed by atoms with Gasteiger partial charge in [-0.2, -0.15) is 0 Å². The fourth-order valence-electron chi connectivity index (χ4n) is 4.50. The molecule has 0 aliphatic carbocycles. The van der Waals surface area contributed by atoms with Gasteiger partial charge in [-0.1, -0.05) is 25.1 Å². The highest BCUT2D eigenvalue weighted by Gasteiger charge is 2.28. The quantitative estimate of drug-likeness (QED) is 0.179. The second-order valence-corrected chi connectivity index (χ2v) is 11.6. The number of hydrogen-bond donors (Lipinski definition) is 3. The number of rotatable bonds is 11. The van der Waals surface area contributed by atoms with Crippen molar-refractivity contribution in [3.63, 3.8) is 0 Å². The number of fused-ring (bicyclic) bond motifs is 1. The number of anilines is 2. The second kappa shape index (κ2) is 12.8. The first-order valence-corrected chi connectivity index (χ1v) is 14.8. The molecule has 0 fully saturated rings. The molecule has 0 bridgehead atoms. The summed E-state index contributed by atoms with van der Waals surface area (Å²) in [7, 11) is -3.61. The van der Waals surface area contributed by atoms with Gasteiger partial charge in [-0.3, -0.25) is 19.6 Å². The Kier molecular flexibility index (Phi) is 9.21. The van der Waals surface area contributed by atoms with Crippen LogP contribution in [-0.2, 0) is 26.0 Å². The number of hydrogen-bond acceptors (Lipinski definition) is 8. The maximum Gasteiger partial charge on any atom is 0.249 e. The third kappa shape index (κ3) is 7.00. The summed E-state index contributed by atoms with van der Waals surface area (Å²) in [4.78, 5) is 29.7. The number of hydrazine groups is 1. The molecule has 1 heterocycles. The lowest BCUT2D eigenvalue weighted by atomic mass is 10.0. The molecule has 0 aliphatic heterocycles. The molecule has 4 rings (SSSR count). The Bertz CT molecular complexity index is 1680. The molecule has 0 aliphatic rings. The van der Waals surface area contributed by atoms with Gasteiger partial charge in [0.05, 0.1) is 22.9 Å². The minimum atomic E-state index is -3.61. The van der Waals surface area contributed by atoms with Gasteiger partial charge in [-0.05, 0) is 72.0 Å². The lowest BCUT2D eigenvalue weighted by Gasteiger charge is -2.29. The highest BCUT2D eigenvalue weighted by atomic mass is 32.2. The van der Waals surface area contributed by atoms with Crippen LogP contribution < -0.4 is 26.2 Å². The Morgan fingerprint density at radius 3 is 2.56 bits per heavy atom. The molecule has 1 unspecified atom stereocenters. The van der Waals surface area contributed by atoms with Crippen LogP contribution in [0.4, 0.5) is 11.4 Å². The summed E-state index contributed by atoms with van der Waals surface area (Å²) < 4.78 is 31.3. The van der Waals surface area contributed by atoms with E-state index in [-0.39, 0.29) is 23.1 Å². The highest BCUT2D eigenvalue weighted by molar-refractivity contribution is 7.91. The van der Waals surface area contributed by atoms with Gasteiger partial charge in [0.2, 0.25) is 11.8 Å². The molecule has 0 saturated carbocycles. The summed E-state index contributed by atoms with van der Waals surface area (Å²) >= 11 is 0. The van der Waals surface area contributed by atoms with Gasteiger partial charge < -0.3 is 15.4 Å². The molecule has 1 atom stereocenters. The van der Waals surface area contributed by atoms with E-state index < -0.39 is 21.8 Å². The number of aromatic nitrogens is 1. The van der Waals surface area contributed by atoms with Crippen molar-refractivity contribution >= 4 is 43.8 Å². The number of benzene rings is 3. The Hall–Kier alpha value is -4.48. The van der Waals surface area contributed by atoms with Crippen molar-refractivity contribution in [1.82, 2.24) is 10.3 Å². The van der Waals surface area contributed by atoms with Crippen LogP contribution in [-0.4, -0.2) is 37.6 Å². The largest absolute Gasteiger partial charge is 0.494 e. The van der Waals surface area contributed by atoms with Crippen LogP contribution in [0.25, 0.3) is 10.8 Å². The van der Waals surface area contributed by atoms with Crippen LogP contribution >= 0.6 is 0 Å². The van der Waals surface area contributed by atoms with Gasteiger partial charge in [0, 0.05) is 36.9 Å². The van der Waals surface area contributed by atoms with Crippen molar-refractivity contribution < 1.29 is 22.7 Å². The van der Waals surface area contributed by atoms with Gasteiger partial charge in [-0.25, -0.2) is 14.3 Å². The van der Waals surface area contributed by atoms with Gasteiger partial charge in [-0.15, -0.1) is 0 Å². The average molecular weight is 576 g/mol. The van der Waals surface area contributed by atoms with E-state index in [1.807, 2.05) is 25.1 Å². The fourth-order valence-corrected chi connectivity index (χ4v) is 5.61. The third-order valence-electron chi connectivity index (χ3n) is 6.48. The molecule has 0 radical (unpaired) electrons. The maximum absolute atomic E-state index is 13.9. The third-order valence-corrected chi connectivity index (χ3v) is 8.31. The molecule has 214 valence electrons. The van der Waals surface area contributed by atoms with Crippen LogP contribution in [0.1, 0.15) is 37.9 Å². The molecule has 41 heavy (non-hydrogen) atoms. The van der Waals surface area contributed by atoms with E-state index in [1.54, 1.807) is 55.7 Å². The van der Waals surface area contributed by atoms with Crippen molar-refractivity contribution in [2.45, 2.75) is 38.3 Å². The minimum absolute atomic E-state index is 0.0806. The molecule has 1 aromatic heterocycles. The number of amides is 2. The van der Waals surface area contributed by atoms with E-state index in [4.69, 9.17) is 10.6 Å². The zero-order chi connectivity index (χ0) is 29.6. The van der Waals surface area contributed by atoms with E-state index in [9.17, 15) is 18.0 Å². The minimum Gasteiger partial charge on any atom is -0.494 e. The van der Waals surface area contributed by atoms with E-state index >= 15 is 0 Å². The lowest BCUT2D eigenvalue weighted by Crippen LogP contribution is -2.44. The van der Waals surface area contributed by atoms with E-state index in [2.05, 4.69) is 15.6 Å². The van der Waals surface area contributed by atoms with Crippen molar-refractivity contribution in [1.29, 1.82) is 0 Å². The summed E-state index contributed by atoms with van der Waals surface area (Å²) in [6.07, 6.45) is 3.42. The number of carbonyl (C=O) groups is 2. The normalized spacial score (nSPS) is 12.0. The Labute approximate surface area is 239 Å². The first kappa shape index (κ1) is 29.5. The molecule has 3 aromatic carbocycles. The zero-order valence-corrected chi connectivity index (χ0v) is 23.9. The number of nitrogens with one attached hydrogen (secondary N) is 2. The Balaban J connectivity index is 1.71. The summed E-state index contributed by atoms with van der Waals surface area (Å²) in [5.41, 5.74) is 1.94. The number of sulfone groups is 1. The predicted octanol–water partition coefficient (Wildman–Crippen LogP) is 4.12. The molecule has 10 nitrogen and oxygen atoms in total. The molecule has 4 N–H and O–H groups in total. The number of ether oxygens (including phenoxy) is 1. The SMILES string of the molecule is CCOc1cccc(C(C(=O)NCc2cc(NC(C)=O)ccc2S(=O)(=O)CC)N(N)c2ccc3cnccc3c2)c1. The van der Waals surface area contributed by atoms with Gasteiger partial charge in [0.1, 0.15) is 11.8 Å². The average Bonchev–Trinajstić information content (AvgIpc) is 2.96. The summed E-state index contributed by atoms with van der Waals surface area (Å²) in [6.45, 7) is 5.11. The van der Waals surface area contributed by atoms with Gasteiger partial charge in [0.25, 0.3) is 0 Å². The number of pyridine rings is 1. The fraction of sp³-hybridized carbons (Fsp3) is 0.233. The second-order valence-electron chi connectivity index (χ2n) is 9.35. The maximum atomic E-state index is 13.9. The van der Waals surface area contributed by atoms with Gasteiger partial charge >= 0.3 is 0 Å². The lowest BCUT2D eigenvalue weighted by molar-refractivity contribution is -0.122. The molecular formula is C30H33N5O5S. The number of nitrogens with two attached hydrogens (primary N) is 1. The Morgan fingerprint density at radius 2 is 1.83 bits per heavy atom. The van der Waals surface area contributed by atoms with Crippen LogP contribution in [0.5, 0.6) is 5.75 Å². The summed E-state index contributed by atoms with van der Waals surface area (Å²) in [5.74, 6) is 6.34. The zero-order valence-electron chi connectivity index (χ0n) is 23.1. The van der Waals surface area contributed by atoms with E-state index in [0.29, 0.717) is 34.9 Å². The number of nitrogens with zero attached hydrogens (tertiary/aromatic N) is 2. The van der Waals surface area contributed by atoms with E-state index in [0.717, 1.165) is 10.8 Å². The van der Waals surface area contributed by atoms with Crippen molar-refractivity contribution in [3.05, 3.63) is 90.3 Å². The van der Waals surface area contributed by atoms with Gasteiger partial charge in [0.15, 0.2) is 9.84 Å². The van der Waals surface area contributed by atoms with Crippen molar-refractivity contribution in [2.24, 2.45) is 5.84 Å². The van der Waals surface area contributed by atoms with Crippen LogP contribution in [0, 0.1) is 0 Å². The standard InChI is InChI=1S/C30H33N5O5S/c1-4-40-27-8-6-7-22(17-27)29(35(31)26-11-9-23-18-32-14-13-21(23)16-26)30(37)33-19-24-15-25(34-20(3)36)10-12-28(24)41(38,39)5-2/h6-18,29H,4-5,19,31H2,1-3H3,(H,33,37)(H,34,36). The monoisotopic (exact) mass is 575 g/mol. The summed E-state index contributed by atoms with van der Waals surface area (Å²) in [6, 6.07) is 18.0. The highest BCUT2D eigenvalue weighted by Crippen LogP contribution is 2.30. The van der Waals surface area contributed by atoms with Crippen LogP contribution in [0.2, 0.25) is 0 Å². The van der Waals surface area contributed by atoms with E-state index in [1.165, 1.54) is 24.1 Å². The smallest absolute Gasteiger partial charge is 0.249 e. The van der Waals surface area contributed by atoms with Crippen molar-refractivity contribution in [2.75, 3.05) is 22.7 Å². The Morgan fingerprint density at radius 1 is 1.02 bits per heavy atom. The van der Waals surface area contributed by atoms with Crippen LogP contribution in [0.15, 0.2) is 84.0 Å². The van der Waals surface area contributed by atoms with Crippen LogP contribution in [0.3, 0.4) is 0 Å². The topological polar surface area (TPSA) is 144 Å². The molecule has 0 saturated heterocycles.